The van der Waals surface area contributed by atoms with Crippen LogP contribution >= 0.6 is 15.9 Å². The first-order valence-corrected chi connectivity index (χ1v) is 7.72. The lowest BCUT2D eigenvalue weighted by atomic mass is 10.1. The molecule has 0 aromatic heterocycles. The van der Waals surface area contributed by atoms with Crippen molar-refractivity contribution in [3.8, 4) is 0 Å². The van der Waals surface area contributed by atoms with Gasteiger partial charge >= 0.3 is 0 Å². The number of morpholine rings is 1. The van der Waals surface area contributed by atoms with Gasteiger partial charge in [-0.05, 0) is 41.9 Å². The third kappa shape index (κ3) is 4.04. The number of carbonyl (C=O) groups is 2. The summed E-state index contributed by atoms with van der Waals surface area (Å²) in [7, 11) is 0. The second-order valence-corrected chi connectivity index (χ2v) is 5.97. The van der Waals surface area contributed by atoms with Crippen molar-refractivity contribution in [1.29, 1.82) is 0 Å². The van der Waals surface area contributed by atoms with Gasteiger partial charge in [0.1, 0.15) is 6.04 Å². The lowest BCUT2D eigenvalue weighted by Gasteiger charge is -2.29. The first-order chi connectivity index (χ1) is 9.99. The fourth-order valence-corrected chi connectivity index (χ4v) is 2.63. The largest absolute Gasteiger partial charge is 0.378 e. The summed E-state index contributed by atoms with van der Waals surface area (Å²) < 4.78 is 5.94. The number of halogens is 1. The minimum atomic E-state index is -0.553. The van der Waals surface area contributed by atoms with Gasteiger partial charge in [-0.15, -0.1) is 0 Å². The fourth-order valence-electron chi connectivity index (χ4n) is 2.21. The van der Waals surface area contributed by atoms with Crippen LogP contribution in [0.15, 0.2) is 22.7 Å². The van der Waals surface area contributed by atoms with Crippen LogP contribution in [-0.2, 0) is 9.53 Å². The molecule has 1 fully saturated rings. The van der Waals surface area contributed by atoms with E-state index in [0.29, 0.717) is 31.9 Å². The number of rotatable bonds is 3. The first kappa shape index (κ1) is 16.0. The van der Waals surface area contributed by atoms with Crippen LogP contribution in [0.3, 0.4) is 0 Å². The Bertz CT molecular complexity index is 542. The van der Waals surface area contributed by atoms with E-state index >= 15 is 0 Å². The normalized spacial score (nSPS) is 16.4. The van der Waals surface area contributed by atoms with Crippen LogP contribution in [0.4, 0.5) is 0 Å². The van der Waals surface area contributed by atoms with E-state index in [1.54, 1.807) is 17.9 Å². The molecule has 1 atom stereocenters. The van der Waals surface area contributed by atoms with Gasteiger partial charge < -0.3 is 15.0 Å². The van der Waals surface area contributed by atoms with Crippen molar-refractivity contribution in [3.05, 3.63) is 33.8 Å². The maximum absolute atomic E-state index is 12.3. The number of aryl methyl sites for hydroxylation is 1. The molecule has 1 aromatic carbocycles. The van der Waals surface area contributed by atoms with Gasteiger partial charge in [-0.25, -0.2) is 0 Å². The maximum Gasteiger partial charge on any atom is 0.253 e. The van der Waals surface area contributed by atoms with Gasteiger partial charge in [0.15, 0.2) is 0 Å². The summed E-state index contributed by atoms with van der Waals surface area (Å²) in [6.07, 6.45) is 0. The number of ether oxygens (including phenoxy) is 1. The van der Waals surface area contributed by atoms with Crippen LogP contribution in [0.2, 0.25) is 0 Å². The SMILES string of the molecule is Cc1ccc(Br)c(C(=O)NC(C)C(=O)N2CCOCC2)c1. The maximum atomic E-state index is 12.3. The Balaban J connectivity index is 2.01. The monoisotopic (exact) mass is 354 g/mol. The Hall–Kier alpha value is -1.40. The predicted molar refractivity (Wildman–Crippen MR) is 83.2 cm³/mol. The van der Waals surface area contributed by atoms with E-state index in [-0.39, 0.29) is 11.8 Å². The van der Waals surface area contributed by atoms with Crippen molar-refractivity contribution < 1.29 is 14.3 Å². The third-order valence-electron chi connectivity index (χ3n) is 3.41. The molecular formula is C15H19BrN2O3. The number of hydrogen-bond donors (Lipinski definition) is 1. The number of nitrogens with one attached hydrogen (secondary N) is 1. The molecule has 2 amide bonds. The van der Waals surface area contributed by atoms with Gasteiger partial charge in [0, 0.05) is 17.6 Å². The topological polar surface area (TPSA) is 58.6 Å². The average Bonchev–Trinajstić information content (AvgIpc) is 2.49. The van der Waals surface area contributed by atoms with Gasteiger partial charge in [-0.2, -0.15) is 0 Å². The van der Waals surface area contributed by atoms with Crippen LogP contribution in [0.25, 0.3) is 0 Å². The molecule has 1 aliphatic rings. The molecule has 1 unspecified atom stereocenters. The second kappa shape index (κ2) is 7.04. The van der Waals surface area contributed by atoms with Gasteiger partial charge in [-0.1, -0.05) is 11.6 Å². The van der Waals surface area contributed by atoms with Crippen LogP contribution in [0.5, 0.6) is 0 Å². The lowest BCUT2D eigenvalue weighted by Crippen LogP contribution is -2.50. The van der Waals surface area contributed by atoms with E-state index in [4.69, 9.17) is 4.74 Å². The van der Waals surface area contributed by atoms with E-state index in [2.05, 4.69) is 21.2 Å². The quantitative estimate of drug-likeness (QED) is 0.899. The molecule has 0 radical (unpaired) electrons. The van der Waals surface area contributed by atoms with Crippen molar-refractivity contribution in [2.24, 2.45) is 0 Å². The third-order valence-corrected chi connectivity index (χ3v) is 4.10. The first-order valence-electron chi connectivity index (χ1n) is 6.92. The molecule has 0 bridgehead atoms. The predicted octanol–water partition coefficient (Wildman–Crippen LogP) is 1.73. The molecule has 5 nitrogen and oxygen atoms in total. The molecule has 1 saturated heterocycles. The molecule has 1 aromatic rings. The zero-order chi connectivity index (χ0) is 15.4. The van der Waals surface area contributed by atoms with Crippen LogP contribution < -0.4 is 5.32 Å². The van der Waals surface area contributed by atoms with Gasteiger partial charge in [-0.3, -0.25) is 9.59 Å². The highest BCUT2D eigenvalue weighted by molar-refractivity contribution is 9.10. The van der Waals surface area contributed by atoms with Gasteiger partial charge in [0.05, 0.1) is 18.8 Å². The molecule has 1 N–H and O–H groups in total. The smallest absolute Gasteiger partial charge is 0.253 e. The molecule has 1 aliphatic heterocycles. The molecular weight excluding hydrogens is 336 g/mol. The highest BCUT2D eigenvalue weighted by Gasteiger charge is 2.24. The van der Waals surface area contributed by atoms with Gasteiger partial charge in [0.2, 0.25) is 5.91 Å². The molecule has 2 rings (SSSR count). The fraction of sp³-hybridized carbons (Fsp3) is 0.467. The summed E-state index contributed by atoms with van der Waals surface area (Å²) in [5, 5.41) is 2.76. The van der Waals surface area contributed by atoms with Gasteiger partial charge in [0.25, 0.3) is 5.91 Å². The summed E-state index contributed by atoms with van der Waals surface area (Å²) in [5.41, 5.74) is 1.53. The summed E-state index contributed by atoms with van der Waals surface area (Å²) in [6.45, 7) is 5.89. The van der Waals surface area contributed by atoms with Crippen LogP contribution in [0.1, 0.15) is 22.8 Å². The summed E-state index contributed by atoms with van der Waals surface area (Å²) >= 11 is 3.36. The Morgan fingerprint density at radius 3 is 2.67 bits per heavy atom. The molecule has 21 heavy (non-hydrogen) atoms. The molecule has 114 valence electrons. The summed E-state index contributed by atoms with van der Waals surface area (Å²) in [5.74, 6) is -0.324. The molecule has 0 aliphatic carbocycles. The molecule has 0 spiro atoms. The standard InChI is InChI=1S/C15H19BrN2O3/c1-10-3-4-13(16)12(9-10)14(19)17-11(2)15(20)18-5-7-21-8-6-18/h3-4,9,11H,5-8H2,1-2H3,(H,17,19). The zero-order valence-electron chi connectivity index (χ0n) is 12.2. The Morgan fingerprint density at radius 2 is 2.00 bits per heavy atom. The van der Waals surface area contributed by atoms with Crippen molar-refractivity contribution in [3.63, 3.8) is 0 Å². The number of benzene rings is 1. The minimum Gasteiger partial charge on any atom is -0.378 e. The highest BCUT2D eigenvalue weighted by atomic mass is 79.9. The van der Waals surface area contributed by atoms with Crippen molar-refractivity contribution in [2.75, 3.05) is 26.3 Å². The lowest BCUT2D eigenvalue weighted by molar-refractivity contribution is -0.136. The molecule has 1 heterocycles. The van der Waals surface area contributed by atoms with E-state index in [0.717, 1.165) is 10.0 Å². The zero-order valence-corrected chi connectivity index (χ0v) is 13.8. The highest BCUT2D eigenvalue weighted by Crippen LogP contribution is 2.18. The van der Waals surface area contributed by atoms with E-state index in [1.807, 2.05) is 19.1 Å². The van der Waals surface area contributed by atoms with Crippen LogP contribution in [0, 0.1) is 6.92 Å². The number of amides is 2. The average molecular weight is 355 g/mol. The Labute approximate surface area is 132 Å². The van der Waals surface area contributed by atoms with E-state index < -0.39 is 6.04 Å². The summed E-state index contributed by atoms with van der Waals surface area (Å²) in [4.78, 5) is 26.3. The molecule has 6 heteroatoms. The molecule has 0 saturated carbocycles. The minimum absolute atomic E-state index is 0.0737. The summed E-state index contributed by atoms with van der Waals surface area (Å²) in [6, 6.07) is 5.00. The number of nitrogens with zero attached hydrogens (tertiary/aromatic N) is 1. The Kier molecular flexibility index (Phi) is 5.36. The second-order valence-electron chi connectivity index (χ2n) is 5.12. The van der Waals surface area contributed by atoms with Crippen molar-refractivity contribution in [1.82, 2.24) is 10.2 Å². The van der Waals surface area contributed by atoms with Crippen LogP contribution in [-0.4, -0.2) is 49.1 Å². The van der Waals surface area contributed by atoms with Crippen molar-refractivity contribution in [2.45, 2.75) is 19.9 Å². The van der Waals surface area contributed by atoms with E-state index in [9.17, 15) is 9.59 Å². The number of hydrogen-bond acceptors (Lipinski definition) is 3. The number of carbonyl (C=O) groups excluding carboxylic acids is 2. The Morgan fingerprint density at radius 1 is 1.33 bits per heavy atom. The van der Waals surface area contributed by atoms with E-state index in [1.165, 1.54) is 0 Å². The van der Waals surface area contributed by atoms with Crippen molar-refractivity contribution >= 4 is 27.7 Å².